The molecule has 1 aromatic rings. The first-order valence-corrected chi connectivity index (χ1v) is 9.96. The fraction of sp³-hybridized carbons (Fsp3) is 0.600. The Morgan fingerprint density at radius 1 is 1.19 bits per heavy atom. The van der Waals surface area contributed by atoms with Gasteiger partial charge in [-0.25, -0.2) is 0 Å². The minimum atomic E-state index is -4.43. The van der Waals surface area contributed by atoms with Crippen molar-refractivity contribution in [3.63, 3.8) is 0 Å². The van der Waals surface area contributed by atoms with Crippen LogP contribution in [0.15, 0.2) is 29.3 Å². The molecular weight excluding hydrogens is 528 g/mol. The van der Waals surface area contributed by atoms with Gasteiger partial charge in [-0.05, 0) is 44.0 Å². The number of alkyl halides is 3. The average Bonchev–Trinajstić information content (AvgIpc) is 3.17. The molecule has 7 nitrogen and oxygen atoms in total. The highest BCUT2D eigenvalue weighted by Crippen LogP contribution is 2.32. The number of nitrogens with one attached hydrogen (secondary N) is 3. The van der Waals surface area contributed by atoms with Gasteiger partial charge in [-0.15, -0.1) is 24.0 Å². The number of carbonyl (C=O) groups is 1. The number of carbonyl (C=O) groups excluding carboxylic acids is 1. The molecule has 1 atom stereocenters. The Bertz CT molecular complexity index is 709. The Morgan fingerprint density at radius 2 is 1.87 bits per heavy atom. The Morgan fingerprint density at radius 3 is 2.42 bits per heavy atom. The first-order valence-electron chi connectivity index (χ1n) is 9.96. The number of amides is 1. The van der Waals surface area contributed by atoms with Crippen LogP contribution in [0.4, 0.5) is 13.2 Å². The molecule has 4 N–H and O–H groups in total. The van der Waals surface area contributed by atoms with E-state index in [-0.39, 0.29) is 48.1 Å². The maximum Gasteiger partial charge on any atom is 0.416 e. The van der Waals surface area contributed by atoms with Crippen LogP contribution >= 0.6 is 24.0 Å². The van der Waals surface area contributed by atoms with Crippen LogP contribution in [0.25, 0.3) is 0 Å². The lowest BCUT2D eigenvalue weighted by Gasteiger charge is -2.24. The lowest BCUT2D eigenvalue weighted by Crippen LogP contribution is -2.42. The number of ether oxygens (including phenoxy) is 1. The Balaban J connectivity index is 0.00000480. The molecule has 31 heavy (non-hydrogen) atoms. The first kappa shape index (κ1) is 27.4. The van der Waals surface area contributed by atoms with Crippen LogP contribution in [0.1, 0.15) is 35.7 Å². The van der Waals surface area contributed by atoms with Crippen LogP contribution in [0.5, 0.6) is 0 Å². The monoisotopic (exact) mass is 558 g/mol. The van der Waals surface area contributed by atoms with Gasteiger partial charge in [0.15, 0.2) is 5.96 Å². The molecule has 1 amide bonds. The predicted molar refractivity (Wildman–Crippen MR) is 123 cm³/mol. The average molecular weight is 558 g/mol. The van der Waals surface area contributed by atoms with E-state index in [0.29, 0.717) is 45.2 Å². The highest BCUT2D eigenvalue weighted by molar-refractivity contribution is 14.0. The lowest BCUT2D eigenvalue weighted by atomic mass is 9.84. The summed E-state index contributed by atoms with van der Waals surface area (Å²) in [6.07, 6.45) is -2.96. The molecule has 176 valence electrons. The van der Waals surface area contributed by atoms with Gasteiger partial charge in [0, 0.05) is 43.8 Å². The van der Waals surface area contributed by atoms with E-state index in [2.05, 4.69) is 20.9 Å². The second-order valence-corrected chi connectivity index (χ2v) is 7.23. The van der Waals surface area contributed by atoms with Gasteiger partial charge in [-0.2, -0.15) is 13.2 Å². The minimum Gasteiger partial charge on any atom is -0.396 e. The maximum atomic E-state index is 12.6. The van der Waals surface area contributed by atoms with Crippen LogP contribution < -0.4 is 16.0 Å². The summed E-state index contributed by atoms with van der Waals surface area (Å²) in [5.41, 5.74) is -0.789. The number of guanidine groups is 1. The van der Waals surface area contributed by atoms with Gasteiger partial charge in [-0.3, -0.25) is 9.79 Å². The minimum absolute atomic E-state index is 0. The lowest BCUT2D eigenvalue weighted by molar-refractivity contribution is -0.137. The molecule has 1 unspecified atom stereocenters. The normalized spacial score (nSPS) is 18.9. The highest BCUT2D eigenvalue weighted by atomic mass is 127. The number of rotatable bonds is 9. The number of aliphatic imine (C=N–C) groups is 1. The Labute approximate surface area is 197 Å². The molecule has 0 radical (unpaired) electrons. The molecular formula is C20H30F3IN4O3. The van der Waals surface area contributed by atoms with Gasteiger partial charge < -0.3 is 25.8 Å². The SMILES string of the molecule is CCNC(=NCC1(CCO)CCOC1)NCCNC(=O)c1ccc(C(F)(F)F)cc1.I. The second kappa shape index (κ2) is 13.1. The van der Waals surface area contributed by atoms with Crippen molar-refractivity contribution in [3.05, 3.63) is 35.4 Å². The summed E-state index contributed by atoms with van der Waals surface area (Å²) in [4.78, 5) is 16.7. The fourth-order valence-corrected chi connectivity index (χ4v) is 3.15. The van der Waals surface area contributed by atoms with E-state index >= 15 is 0 Å². The standard InChI is InChI=1S/C20H29F3N4O3.HI/c1-2-24-18(27-13-19(7-11-28)8-12-30-14-19)26-10-9-25-17(29)15-3-5-16(6-4-15)20(21,22)23;/h3-6,28H,2,7-14H2,1H3,(H,25,29)(H2,24,26,27);1H. The summed E-state index contributed by atoms with van der Waals surface area (Å²) in [7, 11) is 0. The van der Waals surface area contributed by atoms with Crippen molar-refractivity contribution in [1.29, 1.82) is 0 Å². The molecule has 1 aliphatic heterocycles. The molecule has 0 bridgehead atoms. The van der Waals surface area contributed by atoms with E-state index in [1.807, 2.05) is 6.92 Å². The number of halogens is 4. The van der Waals surface area contributed by atoms with Gasteiger partial charge in [0.25, 0.3) is 5.91 Å². The summed E-state index contributed by atoms with van der Waals surface area (Å²) in [5, 5.41) is 18.2. The van der Waals surface area contributed by atoms with Gasteiger partial charge in [0.05, 0.1) is 18.7 Å². The number of benzene rings is 1. The van der Waals surface area contributed by atoms with Crippen molar-refractivity contribution >= 4 is 35.8 Å². The van der Waals surface area contributed by atoms with Gasteiger partial charge >= 0.3 is 6.18 Å². The number of hydrogen-bond donors (Lipinski definition) is 4. The zero-order valence-electron chi connectivity index (χ0n) is 17.4. The predicted octanol–water partition coefficient (Wildman–Crippen LogP) is 2.40. The molecule has 1 heterocycles. The van der Waals surface area contributed by atoms with Crippen LogP contribution in [0.2, 0.25) is 0 Å². The first-order chi connectivity index (χ1) is 14.3. The zero-order valence-corrected chi connectivity index (χ0v) is 19.8. The van der Waals surface area contributed by atoms with Gasteiger partial charge in [-0.1, -0.05) is 0 Å². The number of aliphatic hydroxyl groups excluding tert-OH is 1. The van der Waals surface area contributed by atoms with Crippen molar-refractivity contribution in [2.75, 3.05) is 46.0 Å². The third kappa shape index (κ3) is 8.81. The van der Waals surface area contributed by atoms with E-state index in [9.17, 15) is 23.1 Å². The number of aliphatic hydroxyl groups is 1. The third-order valence-corrected chi connectivity index (χ3v) is 4.92. The molecule has 0 aromatic heterocycles. The molecule has 1 fully saturated rings. The summed E-state index contributed by atoms with van der Waals surface area (Å²) in [5.74, 6) is 0.142. The smallest absolute Gasteiger partial charge is 0.396 e. The van der Waals surface area contributed by atoms with E-state index in [0.717, 1.165) is 30.7 Å². The highest BCUT2D eigenvalue weighted by Gasteiger charge is 2.34. The molecule has 1 saturated heterocycles. The van der Waals surface area contributed by atoms with Gasteiger partial charge in [0.1, 0.15) is 0 Å². The van der Waals surface area contributed by atoms with Crippen molar-refractivity contribution in [2.24, 2.45) is 10.4 Å². The molecule has 0 spiro atoms. The zero-order chi connectivity index (χ0) is 22.0. The molecule has 2 rings (SSSR count). The second-order valence-electron chi connectivity index (χ2n) is 7.23. The summed E-state index contributed by atoms with van der Waals surface area (Å²) < 4.78 is 43.2. The third-order valence-electron chi connectivity index (χ3n) is 4.92. The van der Waals surface area contributed by atoms with Crippen molar-refractivity contribution in [2.45, 2.75) is 25.9 Å². The Hall–Kier alpha value is -1.60. The van der Waals surface area contributed by atoms with Gasteiger partial charge in [0.2, 0.25) is 0 Å². The molecule has 0 saturated carbocycles. The number of nitrogens with zero attached hydrogens (tertiary/aromatic N) is 1. The summed E-state index contributed by atoms with van der Waals surface area (Å²) >= 11 is 0. The quantitative estimate of drug-likeness (QED) is 0.162. The maximum absolute atomic E-state index is 12.6. The molecule has 0 aliphatic carbocycles. The summed E-state index contributed by atoms with van der Waals surface area (Å²) in [6.45, 7) is 5.09. The van der Waals surface area contributed by atoms with Crippen molar-refractivity contribution < 1.29 is 27.8 Å². The van der Waals surface area contributed by atoms with Crippen molar-refractivity contribution in [3.8, 4) is 0 Å². The van der Waals surface area contributed by atoms with E-state index in [1.54, 1.807) is 0 Å². The number of hydrogen-bond acceptors (Lipinski definition) is 4. The van der Waals surface area contributed by atoms with Crippen LogP contribution in [-0.4, -0.2) is 63.0 Å². The van der Waals surface area contributed by atoms with E-state index in [4.69, 9.17) is 4.74 Å². The summed E-state index contributed by atoms with van der Waals surface area (Å²) in [6, 6.07) is 4.08. The fourth-order valence-electron chi connectivity index (χ4n) is 3.15. The van der Waals surface area contributed by atoms with E-state index < -0.39 is 17.6 Å². The molecule has 1 aliphatic rings. The molecule has 11 heteroatoms. The largest absolute Gasteiger partial charge is 0.416 e. The van der Waals surface area contributed by atoms with Crippen molar-refractivity contribution in [1.82, 2.24) is 16.0 Å². The topological polar surface area (TPSA) is 95.0 Å². The van der Waals surface area contributed by atoms with E-state index in [1.165, 1.54) is 0 Å². The Kier molecular flexibility index (Phi) is 11.6. The van der Waals surface area contributed by atoms with Crippen LogP contribution in [-0.2, 0) is 10.9 Å². The van der Waals surface area contributed by atoms with Crippen LogP contribution in [0, 0.1) is 5.41 Å². The molecule has 1 aromatic carbocycles. The van der Waals surface area contributed by atoms with Crippen LogP contribution in [0.3, 0.4) is 0 Å².